The number of aromatic nitrogens is 2. The second-order valence-corrected chi connectivity index (χ2v) is 4.58. The molecule has 0 radical (unpaired) electrons. The van der Waals surface area contributed by atoms with E-state index in [-0.39, 0.29) is 0 Å². The van der Waals surface area contributed by atoms with E-state index in [1.807, 2.05) is 19.9 Å². The van der Waals surface area contributed by atoms with Gasteiger partial charge in [-0.05, 0) is 26.3 Å². The highest BCUT2D eigenvalue weighted by atomic mass is 32.2. The molecule has 0 spiro atoms. The summed E-state index contributed by atoms with van der Waals surface area (Å²) in [6, 6.07) is 1.98. The van der Waals surface area contributed by atoms with Crippen LogP contribution in [0.15, 0.2) is 11.2 Å². The molecule has 0 bridgehead atoms. The van der Waals surface area contributed by atoms with E-state index < -0.39 is 0 Å². The van der Waals surface area contributed by atoms with Crippen LogP contribution in [0.2, 0.25) is 0 Å². The molecule has 1 atom stereocenters. The minimum atomic E-state index is 0.427. The van der Waals surface area contributed by atoms with E-state index in [1.54, 1.807) is 11.8 Å². The average molecular weight is 211 g/mol. The monoisotopic (exact) mass is 211 g/mol. The summed E-state index contributed by atoms with van der Waals surface area (Å²) in [5.41, 5.74) is 7.67. The van der Waals surface area contributed by atoms with Gasteiger partial charge in [-0.2, -0.15) is 0 Å². The Hall–Kier alpha value is -0.610. The molecule has 1 aromatic rings. The van der Waals surface area contributed by atoms with Gasteiger partial charge < -0.3 is 5.73 Å². The van der Waals surface area contributed by atoms with Crippen molar-refractivity contribution in [3.05, 3.63) is 17.5 Å². The van der Waals surface area contributed by atoms with E-state index in [2.05, 4.69) is 16.9 Å². The van der Waals surface area contributed by atoms with Gasteiger partial charge in [0.2, 0.25) is 0 Å². The minimum absolute atomic E-state index is 0.427. The maximum Gasteiger partial charge on any atom is 0.188 e. The summed E-state index contributed by atoms with van der Waals surface area (Å²) < 4.78 is 0. The van der Waals surface area contributed by atoms with Crippen molar-refractivity contribution in [2.45, 2.75) is 37.6 Å². The highest BCUT2D eigenvalue weighted by molar-refractivity contribution is 7.99. The van der Waals surface area contributed by atoms with E-state index in [4.69, 9.17) is 5.73 Å². The summed E-state index contributed by atoms with van der Waals surface area (Å²) in [6.07, 6.45) is 1.05. The molecule has 1 heterocycles. The fourth-order valence-corrected chi connectivity index (χ4v) is 2.15. The molecule has 0 saturated heterocycles. The lowest BCUT2D eigenvalue weighted by atomic mass is 10.3. The Kier molecular flexibility index (Phi) is 4.35. The average Bonchev–Trinajstić information content (AvgIpc) is 2.12. The molecule has 78 valence electrons. The largest absolute Gasteiger partial charge is 0.329 e. The standard InChI is InChI=1S/C10H17N3S/c1-4-9(6-11)14-10-12-7(2)5-8(3)13-10/h5,9H,4,6,11H2,1-3H3. The van der Waals surface area contributed by atoms with Crippen molar-refractivity contribution in [1.82, 2.24) is 9.97 Å². The zero-order chi connectivity index (χ0) is 10.6. The molecule has 4 heteroatoms. The Morgan fingerprint density at radius 2 is 1.93 bits per heavy atom. The maximum absolute atomic E-state index is 5.63. The Balaban J connectivity index is 2.75. The van der Waals surface area contributed by atoms with Crippen molar-refractivity contribution in [3.63, 3.8) is 0 Å². The number of aryl methyl sites for hydroxylation is 2. The van der Waals surface area contributed by atoms with Crippen LogP contribution >= 0.6 is 11.8 Å². The summed E-state index contributed by atoms with van der Waals surface area (Å²) >= 11 is 1.67. The number of nitrogens with zero attached hydrogens (tertiary/aromatic N) is 2. The Morgan fingerprint density at radius 3 is 2.36 bits per heavy atom. The van der Waals surface area contributed by atoms with Gasteiger partial charge in [0.05, 0.1) is 0 Å². The topological polar surface area (TPSA) is 51.8 Å². The van der Waals surface area contributed by atoms with Crippen LogP contribution in [0.25, 0.3) is 0 Å². The Bertz CT molecular complexity index is 277. The highest BCUT2D eigenvalue weighted by Gasteiger charge is 2.08. The molecular formula is C10H17N3S. The lowest BCUT2D eigenvalue weighted by Crippen LogP contribution is -2.16. The molecule has 0 aliphatic heterocycles. The zero-order valence-corrected chi connectivity index (χ0v) is 9.77. The van der Waals surface area contributed by atoms with Crippen molar-refractivity contribution in [1.29, 1.82) is 0 Å². The van der Waals surface area contributed by atoms with Gasteiger partial charge in [0.25, 0.3) is 0 Å². The van der Waals surface area contributed by atoms with Gasteiger partial charge in [-0.1, -0.05) is 18.7 Å². The molecule has 0 aliphatic rings. The van der Waals surface area contributed by atoms with Crippen LogP contribution in [0.1, 0.15) is 24.7 Å². The van der Waals surface area contributed by atoms with Crippen molar-refractivity contribution in [2.75, 3.05) is 6.54 Å². The van der Waals surface area contributed by atoms with Crippen LogP contribution in [0.4, 0.5) is 0 Å². The summed E-state index contributed by atoms with van der Waals surface area (Å²) in [5.74, 6) is 0. The number of hydrogen-bond donors (Lipinski definition) is 1. The highest BCUT2D eigenvalue weighted by Crippen LogP contribution is 2.21. The number of thioether (sulfide) groups is 1. The van der Waals surface area contributed by atoms with Crippen LogP contribution in [-0.2, 0) is 0 Å². The molecule has 3 nitrogen and oxygen atoms in total. The van der Waals surface area contributed by atoms with Gasteiger partial charge in [0, 0.05) is 23.2 Å². The third-order valence-corrected chi connectivity index (χ3v) is 3.20. The first-order valence-electron chi connectivity index (χ1n) is 4.84. The van der Waals surface area contributed by atoms with E-state index >= 15 is 0 Å². The van der Waals surface area contributed by atoms with Gasteiger partial charge in [-0.3, -0.25) is 0 Å². The Labute approximate surface area is 89.5 Å². The Morgan fingerprint density at radius 1 is 1.36 bits per heavy atom. The molecule has 0 saturated carbocycles. The van der Waals surface area contributed by atoms with Crippen molar-refractivity contribution in [2.24, 2.45) is 5.73 Å². The quantitative estimate of drug-likeness (QED) is 0.610. The molecule has 0 aliphatic carbocycles. The minimum Gasteiger partial charge on any atom is -0.329 e. The lowest BCUT2D eigenvalue weighted by Gasteiger charge is -2.10. The summed E-state index contributed by atoms with van der Waals surface area (Å²) in [6.45, 7) is 6.79. The molecule has 0 fully saturated rings. The van der Waals surface area contributed by atoms with Crippen LogP contribution in [0.3, 0.4) is 0 Å². The smallest absolute Gasteiger partial charge is 0.188 e. The lowest BCUT2D eigenvalue weighted by molar-refractivity contribution is 0.812. The van der Waals surface area contributed by atoms with E-state index in [0.717, 1.165) is 23.0 Å². The predicted octanol–water partition coefficient (Wildman–Crippen LogP) is 1.92. The first-order valence-corrected chi connectivity index (χ1v) is 5.72. The molecule has 0 aromatic carbocycles. The van der Waals surface area contributed by atoms with Crippen molar-refractivity contribution >= 4 is 11.8 Å². The molecule has 14 heavy (non-hydrogen) atoms. The van der Waals surface area contributed by atoms with Gasteiger partial charge in [0.15, 0.2) is 5.16 Å². The molecule has 1 unspecified atom stereocenters. The molecule has 1 rings (SSSR count). The third kappa shape index (κ3) is 3.27. The first kappa shape index (κ1) is 11.5. The fraction of sp³-hybridized carbons (Fsp3) is 0.600. The third-order valence-electron chi connectivity index (χ3n) is 1.95. The van der Waals surface area contributed by atoms with Crippen LogP contribution in [0.5, 0.6) is 0 Å². The fourth-order valence-electron chi connectivity index (χ4n) is 1.19. The molecular weight excluding hydrogens is 194 g/mol. The van der Waals surface area contributed by atoms with Crippen molar-refractivity contribution in [3.8, 4) is 0 Å². The van der Waals surface area contributed by atoms with Gasteiger partial charge in [0.1, 0.15) is 0 Å². The summed E-state index contributed by atoms with van der Waals surface area (Å²) in [7, 11) is 0. The predicted molar refractivity (Wildman–Crippen MR) is 60.5 cm³/mol. The zero-order valence-electron chi connectivity index (χ0n) is 8.95. The summed E-state index contributed by atoms with van der Waals surface area (Å²) in [4.78, 5) is 8.73. The molecule has 1 aromatic heterocycles. The van der Waals surface area contributed by atoms with Gasteiger partial charge in [-0.15, -0.1) is 0 Å². The van der Waals surface area contributed by atoms with Crippen molar-refractivity contribution < 1.29 is 0 Å². The van der Waals surface area contributed by atoms with Gasteiger partial charge in [-0.25, -0.2) is 9.97 Å². The normalized spacial score (nSPS) is 12.9. The molecule has 0 amide bonds. The van der Waals surface area contributed by atoms with Gasteiger partial charge >= 0.3 is 0 Å². The first-order chi connectivity index (χ1) is 6.65. The van der Waals surface area contributed by atoms with Crippen LogP contribution in [0, 0.1) is 13.8 Å². The van der Waals surface area contributed by atoms with Crippen LogP contribution in [-0.4, -0.2) is 21.8 Å². The summed E-state index contributed by atoms with van der Waals surface area (Å²) in [5, 5.41) is 1.27. The maximum atomic E-state index is 5.63. The van der Waals surface area contributed by atoms with Crippen LogP contribution < -0.4 is 5.73 Å². The van der Waals surface area contributed by atoms with E-state index in [1.165, 1.54) is 0 Å². The number of rotatable bonds is 4. The van der Waals surface area contributed by atoms with E-state index in [0.29, 0.717) is 11.8 Å². The van der Waals surface area contributed by atoms with E-state index in [9.17, 15) is 0 Å². The second kappa shape index (κ2) is 5.32. The molecule has 2 N–H and O–H groups in total. The number of hydrogen-bond acceptors (Lipinski definition) is 4. The number of nitrogens with two attached hydrogens (primary N) is 1. The second-order valence-electron chi connectivity index (χ2n) is 3.32. The SMILES string of the molecule is CCC(CN)Sc1nc(C)cc(C)n1.